The van der Waals surface area contributed by atoms with Crippen LogP contribution in [0, 0.1) is 6.92 Å². The van der Waals surface area contributed by atoms with E-state index in [9.17, 15) is 5.11 Å². The van der Waals surface area contributed by atoms with Crippen molar-refractivity contribution in [3.05, 3.63) is 52.9 Å². The lowest BCUT2D eigenvalue weighted by molar-refractivity contribution is 0.105. The molecule has 0 radical (unpaired) electrons. The number of benzene rings is 1. The van der Waals surface area contributed by atoms with Gasteiger partial charge in [-0.3, -0.25) is 0 Å². The zero-order chi connectivity index (χ0) is 14.4. The first-order valence-electron chi connectivity index (χ1n) is 6.45. The Hall–Kier alpha value is -1.49. The third-order valence-corrected chi connectivity index (χ3v) is 3.26. The molecule has 1 heterocycles. The Kier molecular flexibility index (Phi) is 5.47. The Balaban J connectivity index is 1.69. The molecule has 0 aliphatic rings. The Morgan fingerprint density at radius 3 is 2.95 bits per heavy atom. The number of aliphatic hydroxyl groups is 1. The molecule has 2 rings (SSSR count). The SMILES string of the molecule is Cc1cc(OC[C@H](O)CNCc2ccco2)ccc1Cl. The molecular formula is C15H18ClNO3. The fourth-order valence-electron chi connectivity index (χ4n) is 1.73. The van der Waals surface area contributed by atoms with Crippen LogP contribution in [0.3, 0.4) is 0 Å². The van der Waals surface area contributed by atoms with E-state index >= 15 is 0 Å². The van der Waals surface area contributed by atoms with Crippen LogP contribution < -0.4 is 10.1 Å². The van der Waals surface area contributed by atoms with E-state index < -0.39 is 6.10 Å². The van der Waals surface area contributed by atoms with E-state index in [-0.39, 0.29) is 6.61 Å². The van der Waals surface area contributed by atoms with Crippen molar-refractivity contribution in [2.24, 2.45) is 0 Å². The molecule has 2 N–H and O–H groups in total. The number of furan rings is 1. The van der Waals surface area contributed by atoms with Gasteiger partial charge in [0.1, 0.15) is 24.2 Å². The standard InChI is InChI=1S/C15H18ClNO3/c1-11-7-13(4-5-15(11)16)20-10-12(18)8-17-9-14-3-2-6-19-14/h2-7,12,17-18H,8-10H2,1H3/t12-/m1/s1. The van der Waals surface area contributed by atoms with Gasteiger partial charge in [0.15, 0.2) is 0 Å². The average Bonchev–Trinajstić information content (AvgIpc) is 2.93. The molecule has 0 unspecified atom stereocenters. The second-order valence-electron chi connectivity index (χ2n) is 4.59. The highest BCUT2D eigenvalue weighted by molar-refractivity contribution is 6.31. The smallest absolute Gasteiger partial charge is 0.119 e. The van der Waals surface area contributed by atoms with Crippen molar-refractivity contribution in [3.8, 4) is 5.75 Å². The van der Waals surface area contributed by atoms with Gasteiger partial charge in [0.25, 0.3) is 0 Å². The molecular weight excluding hydrogens is 278 g/mol. The molecule has 0 saturated carbocycles. The van der Waals surface area contributed by atoms with E-state index in [2.05, 4.69) is 5.32 Å². The minimum atomic E-state index is -0.582. The van der Waals surface area contributed by atoms with Gasteiger partial charge in [-0.2, -0.15) is 0 Å². The molecule has 0 amide bonds. The molecule has 20 heavy (non-hydrogen) atoms. The minimum Gasteiger partial charge on any atom is -0.491 e. The molecule has 4 nitrogen and oxygen atoms in total. The maximum absolute atomic E-state index is 9.82. The van der Waals surface area contributed by atoms with Crippen LogP contribution in [0.1, 0.15) is 11.3 Å². The fourth-order valence-corrected chi connectivity index (χ4v) is 1.85. The molecule has 0 bridgehead atoms. The van der Waals surface area contributed by atoms with Crippen molar-refractivity contribution >= 4 is 11.6 Å². The molecule has 108 valence electrons. The molecule has 5 heteroatoms. The van der Waals surface area contributed by atoms with Crippen LogP contribution in [0.5, 0.6) is 5.75 Å². The first-order chi connectivity index (χ1) is 9.65. The normalized spacial score (nSPS) is 12.3. The Morgan fingerprint density at radius 1 is 1.40 bits per heavy atom. The molecule has 0 aliphatic carbocycles. The first kappa shape index (κ1) is 14.9. The highest BCUT2D eigenvalue weighted by atomic mass is 35.5. The summed E-state index contributed by atoms with van der Waals surface area (Å²) in [5, 5.41) is 13.6. The van der Waals surface area contributed by atoms with Gasteiger partial charge < -0.3 is 19.6 Å². The van der Waals surface area contributed by atoms with Gasteiger partial charge in [0, 0.05) is 11.6 Å². The summed E-state index contributed by atoms with van der Waals surface area (Å²) < 4.78 is 10.7. The van der Waals surface area contributed by atoms with Crippen LogP contribution in [0.25, 0.3) is 0 Å². The molecule has 0 saturated heterocycles. The van der Waals surface area contributed by atoms with Crippen LogP contribution >= 0.6 is 11.6 Å². The maximum Gasteiger partial charge on any atom is 0.119 e. The summed E-state index contributed by atoms with van der Waals surface area (Å²) in [6.07, 6.45) is 1.04. The number of nitrogens with one attached hydrogen (secondary N) is 1. The third kappa shape index (κ3) is 4.56. The molecule has 1 aromatic carbocycles. The Morgan fingerprint density at radius 2 is 2.25 bits per heavy atom. The monoisotopic (exact) mass is 295 g/mol. The fraction of sp³-hybridized carbons (Fsp3) is 0.333. The lowest BCUT2D eigenvalue weighted by Crippen LogP contribution is -2.31. The van der Waals surface area contributed by atoms with Crippen molar-refractivity contribution < 1.29 is 14.3 Å². The van der Waals surface area contributed by atoms with Crippen LogP contribution in [-0.2, 0) is 6.54 Å². The molecule has 1 atom stereocenters. The Bertz CT molecular complexity index is 528. The lowest BCUT2D eigenvalue weighted by Gasteiger charge is -2.13. The summed E-state index contributed by atoms with van der Waals surface area (Å²) in [5.74, 6) is 1.54. The summed E-state index contributed by atoms with van der Waals surface area (Å²) >= 11 is 5.94. The molecule has 1 aromatic heterocycles. The third-order valence-electron chi connectivity index (χ3n) is 2.83. The zero-order valence-corrected chi connectivity index (χ0v) is 12.1. The summed E-state index contributed by atoms with van der Waals surface area (Å²) in [7, 11) is 0. The van der Waals surface area contributed by atoms with Crippen LogP contribution in [-0.4, -0.2) is 24.4 Å². The van der Waals surface area contributed by atoms with E-state index in [0.717, 1.165) is 11.3 Å². The van der Waals surface area contributed by atoms with E-state index in [1.165, 1.54) is 0 Å². The summed E-state index contributed by atoms with van der Waals surface area (Å²) in [4.78, 5) is 0. The highest BCUT2D eigenvalue weighted by Gasteiger charge is 2.06. The first-order valence-corrected chi connectivity index (χ1v) is 6.83. The van der Waals surface area contributed by atoms with Crippen LogP contribution in [0.2, 0.25) is 5.02 Å². The predicted molar refractivity (Wildman–Crippen MR) is 78.1 cm³/mol. The number of ether oxygens (including phenoxy) is 1. The molecule has 0 spiro atoms. The predicted octanol–water partition coefficient (Wildman–Crippen LogP) is 2.77. The molecule has 0 aliphatic heterocycles. The van der Waals surface area contributed by atoms with Gasteiger partial charge >= 0.3 is 0 Å². The Labute approximate surface area is 123 Å². The van der Waals surface area contributed by atoms with Gasteiger partial charge in [-0.15, -0.1) is 0 Å². The van der Waals surface area contributed by atoms with E-state index in [1.54, 1.807) is 18.4 Å². The number of aryl methyl sites for hydroxylation is 1. The van der Waals surface area contributed by atoms with E-state index in [4.69, 9.17) is 20.8 Å². The van der Waals surface area contributed by atoms with E-state index in [1.807, 2.05) is 25.1 Å². The number of hydrogen-bond donors (Lipinski definition) is 2. The largest absolute Gasteiger partial charge is 0.491 e. The van der Waals surface area contributed by atoms with Gasteiger partial charge in [0.05, 0.1) is 12.8 Å². The van der Waals surface area contributed by atoms with Crippen molar-refractivity contribution in [2.75, 3.05) is 13.2 Å². The van der Waals surface area contributed by atoms with Crippen LogP contribution in [0.15, 0.2) is 41.0 Å². The topological polar surface area (TPSA) is 54.6 Å². The summed E-state index contributed by atoms with van der Waals surface area (Å²) in [5.41, 5.74) is 0.953. The van der Waals surface area contributed by atoms with Gasteiger partial charge in [-0.05, 0) is 42.8 Å². The van der Waals surface area contributed by atoms with Crippen molar-refractivity contribution in [1.82, 2.24) is 5.32 Å². The van der Waals surface area contributed by atoms with E-state index in [0.29, 0.717) is 23.9 Å². The maximum atomic E-state index is 9.82. The van der Waals surface area contributed by atoms with Crippen LogP contribution in [0.4, 0.5) is 0 Å². The number of rotatable bonds is 7. The number of halogens is 1. The quantitative estimate of drug-likeness (QED) is 0.825. The summed E-state index contributed by atoms with van der Waals surface area (Å²) in [6.45, 7) is 3.17. The van der Waals surface area contributed by atoms with Gasteiger partial charge in [-0.25, -0.2) is 0 Å². The minimum absolute atomic E-state index is 0.228. The second kappa shape index (κ2) is 7.33. The number of aliphatic hydroxyl groups excluding tert-OH is 1. The molecule has 0 fully saturated rings. The average molecular weight is 296 g/mol. The summed E-state index contributed by atoms with van der Waals surface area (Å²) in [6, 6.07) is 9.14. The van der Waals surface area contributed by atoms with Gasteiger partial charge in [0.2, 0.25) is 0 Å². The van der Waals surface area contributed by atoms with Crippen molar-refractivity contribution in [2.45, 2.75) is 19.6 Å². The number of hydrogen-bond acceptors (Lipinski definition) is 4. The second-order valence-corrected chi connectivity index (χ2v) is 4.99. The van der Waals surface area contributed by atoms with Crippen molar-refractivity contribution in [1.29, 1.82) is 0 Å². The highest BCUT2D eigenvalue weighted by Crippen LogP contribution is 2.21. The van der Waals surface area contributed by atoms with Gasteiger partial charge in [-0.1, -0.05) is 11.6 Å². The molecule has 2 aromatic rings. The lowest BCUT2D eigenvalue weighted by atomic mass is 10.2. The van der Waals surface area contributed by atoms with Crippen molar-refractivity contribution in [3.63, 3.8) is 0 Å². The zero-order valence-electron chi connectivity index (χ0n) is 11.3.